The molecule has 1 saturated heterocycles. The summed E-state index contributed by atoms with van der Waals surface area (Å²) >= 11 is 0. The fourth-order valence-electron chi connectivity index (χ4n) is 2.69. The molecule has 2 unspecified atom stereocenters. The van der Waals surface area contributed by atoms with Crippen molar-refractivity contribution in [1.29, 1.82) is 0 Å². The van der Waals surface area contributed by atoms with Gasteiger partial charge in [-0.15, -0.1) is 0 Å². The number of rotatable bonds is 5. The molecule has 1 saturated carbocycles. The molecular formula is C12H24N2O. The van der Waals surface area contributed by atoms with Crippen LogP contribution in [-0.4, -0.2) is 51.3 Å². The van der Waals surface area contributed by atoms with Gasteiger partial charge in [-0.3, -0.25) is 0 Å². The Morgan fingerprint density at radius 1 is 1.27 bits per heavy atom. The zero-order valence-corrected chi connectivity index (χ0v) is 10.0. The maximum absolute atomic E-state index is 5.52. The molecule has 3 nitrogen and oxygen atoms in total. The molecule has 15 heavy (non-hydrogen) atoms. The van der Waals surface area contributed by atoms with E-state index in [2.05, 4.69) is 17.3 Å². The highest BCUT2D eigenvalue weighted by Crippen LogP contribution is 2.27. The summed E-state index contributed by atoms with van der Waals surface area (Å²) in [6.45, 7) is 4.29. The molecular weight excluding hydrogens is 188 g/mol. The summed E-state index contributed by atoms with van der Waals surface area (Å²) in [4.78, 5) is 2.49. The Morgan fingerprint density at radius 2 is 2.07 bits per heavy atom. The molecule has 1 heterocycles. The first-order valence-electron chi connectivity index (χ1n) is 6.23. The zero-order chi connectivity index (χ0) is 10.7. The molecule has 0 aromatic heterocycles. The van der Waals surface area contributed by atoms with Crippen LogP contribution < -0.4 is 5.32 Å². The van der Waals surface area contributed by atoms with Gasteiger partial charge in [0.25, 0.3) is 0 Å². The van der Waals surface area contributed by atoms with Crippen LogP contribution >= 0.6 is 0 Å². The molecule has 2 rings (SSSR count). The van der Waals surface area contributed by atoms with Crippen molar-refractivity contribution in [3.05, 3.63) is 0 Å². The fraction of sp³-hybridized carbons (Fsp3) is 1.00. The molecule has 0 spiro atoms. The van der Waals surface area contributed by atoms with Gasteiger partial charge >= 0.3 is 0 Å². The molecule has 88 valence electrons. The monoisotopic (exact) mass is 212 g/mol. The minimum absolute atomic E-state index is 0.564. The normalized spacial score (nSPS) is 32.2. The Kier molecular flexibility index (Phi) is 4.00. The Hall–Kier alpha value is -0.120. The van der Waals surface area contributed by atoms with Crippen LogP contribution in [0.5, 0.6) is 0 Å². The third-order valence-corrected chi connectivity index (χ3v) is 3.91. The molecule has 0 bridgehead atoms. The van der Waals surface area contributed by atoms with Crippen LogP contribution in [0.4, 0.5) is 0 Å². The first kappa shape index (κ1) is 11.4. The average Bonchev–Trinajstić information content (AvgIpc) is 2.59. The van der Waals surface area contributed by atoms with Crippen LogP contribution in [0.25, 0.3) is 0 Å². The van der Waals surface area contributed by atoms with Crippen molar-refractivity contribution in [2.75, 3.05) is 40.4 Å². The van der Waals surface area contributed by atoms with Crippen molar-refractivity contribution < 1.29 is 4.74 Å². The molecule has 0 aromatic rings. The van der Waals surface area contributed by atoms with Gasteiger partial charge in [-0.25, -0.2) is 0 Å². The van der Waals surface area contributed by atoms with E-state index in [0.717, 1.165) is 19.1 Å². The molecule has 1 aliphatic heterocycles. The van der Waals surface area contributed by atoms with Gasteiger partial charge in [0.15, 0.2) is 0 Å². The number of ether oxygens (including phenoxy) is 1. The van der Waals surface area contributed by atoms with E-state index in [1.54, 1.807) is 0 Å². The van der Waals surface area contributed by atoms with Gasteiger partial charge in [0.1, 0.15) is 0 Å². The molecule has 1 aliphatic carbocycles. The Bertz CT molecular complexity index is 194. The van der Waals surface area contributed by atoms with Crippen LogP contribution in [0.15, 0.2) is 0 Å². The number of hydrogen-bond acceptors (Lipinski definition) is 3. The quantitative estimate of drug-likeness (QED) is 0.734. The van der Waals surface area contributed by atoms with Gasteiger partial charge in [0.2, 0.25) is 0 Å². The van der Waals surface area contributed by atoms with E-state index < -0.39 is 0 Å². The third-order valence-electron chi connectivity index (χ3n) is 3.91. The van der Waals surface area contributed by atoms with Crippen LogP contribution in [0.3, 0.4) is 0 Å². The van der Waals surface area contributed by atoms with Gasteiger partial charge in [0, 0.05) is 25.0 Å². The Morgan fingerprint density at radius 3 is 2.67 bits per heavy atom. The van der Waals surface area contributed by atoms with Crippen molar-refractivity contribution in [2.24, 2.45) is 11.8 Å². The lowest BCUT2D eigenvalue weighted by Crippen LogP contribution is -2.40. The molecule has 0 aromatic carbocycles. The highest BCUT2D eigenvalue weighted by Gasteiger charge is 2.28. The largest absolute Gasteiger partial charge is 0.379 e. The van der Waals surface area contributed by atoms with Crippen LogP contribution in [-0.2, 0) is 4.74 Å². The van der Waals surface area contributed by atoms with E-state index in [-0.39, 0.29) is 0 Å². The summed E-state index contributed by atoms with van der Waals surface area (Å²) in [6.07, 6.45) is 4.34. The fourth-order valence-corrected chi connectivity index (χ4v) is 2.69. The van der Waals surface area contributed by atoms with Crippen molar-refractivity contribution in [3.63, 3.8) is 0 Å². The summed E-state index contributed by atoms with van der Waals surface area (Å²) in [7, 11) is 4.29. The second-order valence-corrected chi connectivity index (χ2v) is 5.21. The number of nitrogens with one attached hydrogen (secondary N) is 1. The maximum atomic E-state index is 5.52. The first-order chi connectivity index (χ1) is 7.29. The van der Waals surface area contributed by atoms with E-state index in [9.17, 15) is 0 Å². The van der Waals surface area contributed by atoms with Crippen molar-refractivity contribution in [2.45, 2.75) is 25.3 Å². The average molecular weight is 212 g/mol. The summed E-state index contributed by atoms with van der Waals surface area (Å²) < 4.78 is 5.52. The third kappa shape index (κ3) is 2.92. The van der Waals surface area contributed by atoms with E-state index in [1.165, 1.54) is 32.4 Å². The molecule has 0 radical (unpaired) electrons. The highest BCUT2D eigenvalue weighted by molar-refractivity contribution is 4.83. The SMILES string of the molecule is CNC1COCC1CN(C)CC1CCC1. The minimum Gasteiger partial charge on any atom is -0.379 e. The smallest absolute Gasteiger partial charge is 0.0623 e. The number of likely N-dealkylation sites (N-methyl/N-ethyl adjacent to an activating group) is 1. The molecule has 0 amide bonds. The maximum Gasteiger partial charge on any atom is 0.0623 e. The van der Waals surface area contributed by atoms with Crippen molar-refractivity contribution in [1.82, 2.24) is 10.2 Å². The van der Waals surface area contributed by atoms with Crippen LogP contribution in [0.2, 0.25) is 0 Å². The molecule has 2 atom stereocenters. The van der Waals surface area contributed by atoms with Gasteiger partial charge in [0.05, 0.1) is 13.2 Å². The lowest BCUT2D eigenvalue weighted by Gasteiger charge is -2.32. The Labute approximate surface area is 93.2 Å². The lowest BCUT2D eigenvalue weighted by atomic mass is 9.85. The van der Waals surface area contributed by atoms with Gasteiger partial charge < -0.3 is 15.0 Å². The molecule has 2 aliphatic rings. The van der Waals surface area contributed by atoms with Crippen molar-refractivity contribution >= 4 is 0 Å². The van der Waals surface area contributed by atoms with Crippen molar-refractivity contribution in [3.8, 4) is 0 Å². The zero-order valence-electron chi connectivity index (χ0n) is 10.0. The second-order valence-electron chi connectivity index (χ2n) is 5.21. The van der Waals surface area contributed by atoms with E-state index in [4.69, 9.17) is 4.74 Å². The number of hydrogen-bond donors (Lipinski definition) is 1. The molecule has 3 heteroatoms. The van der Waals surface area contributed by atoms with E-state index >= 15 is 0 Å². The first-order valence-corrected chi connectivity index (χ1v) is 6.23. The minimum atomic E-state index is 0.564. The molecule has 2 fully saturated rings. The predicted molar refractivity (Wildman–Crippen MR) is 62.0 cm³/mol. The van der Waals surface area contributed by atoms with E-state index in [1.807, 2.05) is 7.05 Å². The summed E-state index contributed by atoms with van der Waals surface area (Å²) in [5.74, 6) is 1.66. The Balaban J connectivity index is 1.69. The summed E-state index contributed by atoms with van der Waals surface area (Å²) in [5.41, 5.74) is 0. The topological polar surface area (TPSA) is 24.5 Å². The molecule has 1 N–H and O–H groups in total. The number of nitrogens with zero attached hydrogens (tertiary/aromatic N) is 1. The summed E-state index contributed by atoms with van der Waals surface area (Å²) in [6, 6.07) is 0.564. The van der Waals surface area contributed by atoms with Crippen LogP contribution in [0, 0.1) is 11.8 Å². The van der Waals surface area contributed by atoms with E-state index in [0.29, 0.717) is 12.0 Å². The van der Waals surface area contributed by atoms with Gasteiger partial charge in [-0.05, 0) is 32.9 Å². The standard InChI is InChI=1S/C12H24N2O/c1-13-12-9-15-8-11(12)7-14(2)6-10-4-3-5-10/h10-13H,3-9H2,1-2H3. The summed E-state index contributed by atoms with van der Waals surface area (Å²) in [5, 5.41) is 3.35. The lowest BCUT2D eigenvalue weighted by molar-refractivity contribution is 0.157. The highest BCUT2D eigenvalue weighted by atomic mass is 16.5. The van der Waals surface area contributed by atoms with Gasteiger partial charge in [-0.2, -0.15) is 0 Å². The predicted octanol–water partition coefficient (Wildman–Crippen LogP) is 0.953. The second kappa shape index (κ2) is 5.28. The van der Waals surface area contributed by atoms with Crippen LogP contribution in [0.1, 0.15) is 19.3 Å². The van der Waals surface area contributed by atoms with Gasteiger partial charge in [-0.1, -0.05) is 6.42 Å².